The highest BCUT2D eigenvalue weighted by atomic mass is 32.1. The van der Waals surface area contributed by atoms with E-state index in [0.29, 0.717) is 64.1 Å². The molecule has 3 aromatic rings. The van der Waals surface area contributed by atoms with Crippen LogP contribution >= 0.6 is 34.0 Å². The van der Waals surface area contributed by atoms with Gasteiger partial charge in [0, 0.05) is 267 Å². The van der Waals surface area contributed by atoms with E-state index in [1.54, 1.807) is 41.9 Å². The van der Waals surface area contributed by atoms with Crippen molar-refractivity contribution in [1.82, 2.24) is 45.2 Å². The van der Waals surface area contributed by atoms with E-state index in [1.807, 2.05) is 74.7 Å². The zero-order chi connectivity index (χ0) is 84.1. The maximum absolute atomic E-state index is 12.2. The predicted molar refractivity (Wildman–Crippen MR) is 493 cm³/mol. The van der Waals surface area contributed by atoms with Crippen LogP contribution in [0.25, 0.3) is 0 Å². The third-order valence-electron chi connectivity index (χ3n) is 19.2. The van der Waals surface area contributed by atoms with Crippen molar-refractivity contribution >= 4 is 259 Å². The number of hydrogen-bond acceptors (Lipinski definition) is 23. The zero-order valence-electron chi connectivity index (χ0n) is 69.4. The smallest absolute Gasteiger partial charge is 0.413 e. The first kappa shape index (κ1) is 103. The molecule has 0 spiro atoms. The van der Waals surface area contributed by atoms with Crippen LogP contribution in [-0.2, 0) is 46.2 Å². The number of nitrogens with two attached hydrogens (primary N) is 1. The molecule has 0 aliphatic carbocycles. The van der Waals surface area contributed by atoms with E-state index in [1.165, 1.54) is 35.3 Å². The van der Waals surface area contributed by atoms with Gasteiger partial charge in [0.2, 0.25) is 0 Å². The number of nitrogens with one attached hydrogen (secondary N) is 4. The summed E-state index contributed by atoms with van der Waals surface area (Å²) in [4.78, 5) is 81.3. The molecule has 52 heteroatoms. The Morgan fingerprint density at radius 3 is 1.04 bits per heavy atom. The number of piperidine rings is 6. The molecular formula is C62H104B25N12O12S3. The average Bonchev–Trinajstić information content (AvgIpc) is 0.842. The summed E-state index contributed by atoms with van der Waals surface area (Å²) in [7, 11) is 76.2. The highest BCUT2D eigenvalue weighted by Crippen LogP contribution is 2.29. The van der Waals surface area contributed by atoms with Gasteiger partial charge in [0.05, 0.1) is 47.7 Å². The van der Waals surface area contributed by atoms with Crippen LogP contribution < -0.4 is 27.0 Å². The molecule has 29 radical (unpaired) electrons. The van der Waals surface area contributed by atoms with Gasteiger partial charge in [0.1, 0.15) is 22.4 Å². The standard InChI is InChI=1S/C24H40N4O5S.C15H28N2O3.C14H24N4OS.C9H12N2O3S.B24.B/c1-23(2,3)32-21(29)26-20-25-15-19(34-20)16-27-11-7-17(8-12-27)31-18-9-13-28(14-10-18)22(30)33-24(4,5)6;1-15(2,3)20-14(18)17-10-6-13(7-11-17)19-12-4-8-16-9-5-12;15-14-17-9-13(20-14)10-18-7-3-12(4-8-18)19-11-1-5-16-6-2-11;1-9(2,3)14-8(13)11-7-10-4-6(5-12)15-7;1-14(2)20(13)23(19(11)12)24(21(15(3)4)16(5)6)22(17(7)8)18(9)10;/h15,17-18H,7-14,16H2,1-6H3,(H,25,26,29);12-13,16H,4-11H2,1-3H3;9,11-12,16H,1-8,10H2,(H2,15,17);4-5H,1-3H3,(H,10,11,13);;. The van der Waals surface area contributed by atoms with E-state index in [2.05, 4.69) is 46.0 Å². The first-order chi connectivity index (χ1) is 52.8. The summed E-state index contributed by atoms with van der Waals surface area (Å²) in [5.41, 5.74) is 3.71. The number of likely N-dealkylation sites (tertiary alicyclic amines) is 4. The zero-order valence-corrected chi connectivity index (χ0v) is 71.9. The maximum Gasteiger partial charge on any atom is 0.413 e. The first-order valence-electron chi connectivity index (χ1n) is 39.5. The van der Waals surface area contributed by atoms with Crippen LogP contribution in [-0.4, -0.2) is 382 Å². The second-order valence-electron chi connectivity index (χ2n) is 33.7. The highest BCUT2D eigenvalue weighted by Gasteiger charge is 2.48. The normalized spacial score (nSPS) is 17.2. The molecular weight excluding hydrogens is 1470 g/mol. The van der Waals surface area contributed by atoms with E-state index in [4.69, 9.17) is 139 Å². The van der Waals surface area contributed by atoms with E-state index >= 15 is 0 Å². The van der Waals surface area contributed by atoms with Gasteiger partial charge in [-0.3, -0.25) is 25.2 Å². The molecule has 6 N–H and O–H groups in total. The van der Waals surface area contributed by atoms with Crippen LogP contribution in [0.1, 0.15) is 180 Å². The molecule has 4 amide bonds. The summed E-state index contributed by atoms with van der Waals surface area (Å²) in [6.45, 7) is 35.3. The monoisotopic (exact) mass is 1580 g/mol. The fourth-order valence-corrected chi connectivity index (χ4v) is 16.1. The summed E-state index contributed by atoms with van der Waals surface area (Å²) in [6, 6.07) is 0. The Morgan fingerprint density at radius 1 is 0.439 bits per heavy atom. The van der Waals surface area contributed by atoms with Crippen LogP contribution in [0.5, 0.6) is 0 Å². The quantitative estimate of drug-likeness (QED) is 0.0508. The van der Waals surface area contributed by atoms with E-state index in [-0.39, 0.29) is 32.8 Å². The molecule has 0 unspecified atom stereocenters. The number of ether oxygens (including phenoxy) is 7. The lowest BCUT2D eigenvalue weighted by Gasteiger charge is -2.46. The van der Waals surface area contributed by atoms with Crippen molar-refractivity contribution in [3.63, 3.8) is 0 Å². The number of aldehydes is 1. The fourth-order valence-electron chi connectivity index (χ4n) is 13.9. The molecule has 0 aromatic carbocycles. The Hall–Kier alpha value is -3.22. The van der Waals surface area contributed by atoms with Crippen molar-refractivity contribution in [3.8, 4) is 0 Å². The van der Waals surface area contributed by atoms with Crippen molar-refractivity contribution in [2.24, 2.45) is 0 Å². The van der Waals surface area contributed by atoms with Gasteiger partial charge >= 0.3 is 24.4 Å². The summed E-state index contributed by atoms with van der Waals surface area (Å²) in [6.07, 6.45) is 9.24. The van der Waals surface area contributed by atoms with Crippen LogP contribution in [0.15, 0.2) is 18.6 Å². The summed E-state index contributed by atoms with van der Waals surface area (Å²) >= 11 is 4.17. The van der Waals surface area contributed by atoms with Crippen LogP contribution in [0.3, 0.4) is 0 Å². The third-order valence-corrected chi connectivity index (χ3v) is 21.7. The number of carbonyl (C=O) groups excluding carboxylic acids is 5. The molecule has 577 valence electrons. The van der Waals surface area contributed by atoms with Gasteiger partial charge in [-0.05, 0) is 186 Å². The molecule has 6 aliphatic rings. The Bertz CT molecular complexity index is 3220. The lowest BCUT2D eigenvalue weighted by molar-refractivity contribution is -0.0668. The molecule has 0 bridgehead atoms. The number of thiazole rings is 3. The Balaban J connectivity index is 0.000000308. The molecule has 114 heavy (non-hydrogen) atoms. The van der Waals surface area contributed by atoms with Gasteiger partial charge in [-0.25, -0.2) is 34.1 Å². The van der Waals surface area contributed by atoms with Gasteiger partial charge in [0.15, 0.2) is 21.7 Å². The van der Waals surface area contributed by atoms with Gasteiger partial charge < -0.3 is 59.3 Å². The van der Waals surface area contributed by atoms with Gasteiger partial charge in [-0.15, -0.1) is 22.7 Å². The van der Waals surface area contributed by atoms with E-state index in [9.17, 15) is 24.0 Å². The minimum absolute atomic E-state index is 0. The van der Waals surface area contributed by atoms with Crippen molar-refractivity contribution in [2.45, 2.75) is 232 Å². The first-order valence-corrected chi connectivity index (χ1v) is 42.0. The van der Waals surface area contributed by atoms with E-state index < -0.39 is 105 Å². The number of nitrogens with zero attached hydrogens (tertiary/aromatic N) is 7. The minimum Gasteiger partial charge on any atom is -0.444 e. The number of aromatic nitrogens is 3. The van der Waals surface area contributed by atoms with Crippen LogP contribution in [0.2, 0.25) is 0 Å². The van der Waals surface area contributed by atoms with Crippen LogP contribution in [0, 0.1) is 0 Å². The van der Waals surface area contributed by atoms with Gasteiger partial charge in [-0.1, -0.05) is 11.3 Å². The van der Waals surface area contributed by atoms with Gasteiger partial charge in [0.25, 0.3) is 0 Å². The topological polar surface area (TPSA) is 276 Å². The molecule has 0 atom stereocenters. The summed E-state index contributed by atoms with van der Waals surface area (Å²) in [5.74, 6) is 0. The highest BCUT2D eigenvalue weighted by molar-refractivity contribution is 8.23. The maximum atomic E-state index is 12.2. The largest absolute Gasteiger partial charge is 0.444 e. The van der Waals surface area contributed by atoms with Crippen molar-refractivity contribution in [1.29, 1.82) is 0 Å². The summed E-state index contributed by atoms with van der Waals surface area (Å²) < 4.78 is 39.9. The lowest BCUT2D eigenvalue weighted by atomic mass is 8.35. The van der Waals surface area contributed by atoms with E-state index in [0.717, 1.165) is 159 Å². The Labute approximate surface area is 717 Å². The second kappa shape index (κ2) is 50.3. The fraction of sp³-hybridized carbons (Fsp3) is 0.774. The third kappa shape index (κ3) is 40.0. The van der Waals surface area contributed by atoms with Gasteiger partial charge in [-0.2, -0.15) is 0 Å². The number of amides is 4. The molecule has 24 nitrogen and oxygen atoms in total. The second-order valence-corrected chi connectivity index (χ2v) is 37.0. The van der Waals surface area contributed by atoms with Crippen molar-refractivity contribution < 1.29 is 57.1 Å². The number of hydrogen-bond donors (Lipinski definition) is 5. The van der Waals surface area contributed by atoms with Crippen molar-refractivity contribution in [2.75, 3.05) is 94.9 Å². The molecule has 6 aliphatic heterocycles. The number of anilines is 3. The molecule has 9 heterocycles. The van der Waals surface area contributed by atoms with Crippen molar-refractivity contribution in [3.05, 3.63) is 33.2 Å². The van der Waals surface area contributed by atoms with Crippen LogP contribution in [0.4, 0.5) is 34.6 Å². The minimum atomic E-state index is -0.973. The molecule has 9 rings (SSSR count). The SMILES string of the molecule is CC(C)(C)OC(=O)N1CCC(OC2CCNCC2)CC1.CC(C)(C)OC(=O)Nc1ncc(C=O)s1.CC(C)(C)OC(=O)Nc1ncc(CN2CCC(OC3CCN(C(=O)OC(C)(C)C)CC3)CC2)s1.Nc1ncc(CN2CCC(OC3CCNCC3)CC2)s1.[B].[B]B([B])B([B])B(B([B])[B])B(B(B([B])[B])B([B])[B])B(B([B])[B])B([B])[B]. The Morgan fingerprint density at radius 2 is 0.746 bits per heavy atom. The Kier molecular flexibility index (Phi) is 45.5. The predicted octanol–water partition coefficient (Wildman–Crippen LogP) is 1.27. The summed E-state index contributed by atoms with van der Waals surface area (Å²) in [5, 5.41) is 13.5. The molecule has 6 saturated heterocycles. The number of rotatable bonds is 23. The average molecular weight is 1580 g/mol. The molecule has 0 saturated carbocycles. The number of nitrogen functional groups attached to an aromatic ring is 1. The lowest BCUT2D eigenvalue weighted by Crippen LogP contribution is -2.84. The number of carbonyl (C=O) groups is 5. The molecule has 3 aromatic heterocycles. The molecule has 6 fully saturated rings.